The molecule has 2 atom stereocenters. The Labute approximate surface area is 73.3 Å². The highest BCUT2D eigenvalue weighted by Crippen LogP contribution is 2.41. The van der Waals surface area contributed by atoms with Gasteiger partial charge in [-0.3, -0.25) is 0 Å². The Balaban J connectivity index is 2.28. The van der Waals surface area contributed by atoms with Crippen LogP contribution in [0.15, 0.2) is 0 Å². The smallest absolute Gasteiger partial charge is 0.207 e. The average Bonchev–Trinajstić information content (AvgIpc) is 2.30. The van der Waals surface area contributed by atoms with Crippen LogP contribution in [-0.4, -0.2) is 5.92 Å². The molecule has 1 aliphatic carbocycles. The Kier molecular flexibility index (Phi) is 3.08. The molecule has 0 nitrogen and oxygen atoms in total. The van der Waals surface area contributed by atoms with Crippen LogP contribution in [0.1, 0.15) is 46.0 Å². The highest BCUT2D eigenvalue weighted by atomic mass is 19.3. The van der Waals surface area contributed by atoms with Gasteiger partial charge in [-0.2, -0.15) is 0 Å². The van der Waals surface area contributed by atoms with Crippen LogP contribution in [0.4, 0.5) is 8.78 Å². The Morgan fingerprint density at radius 1 is 1.50 bits per heavy atom. The molecule has 0 spiro atoms. The minimum atomic E-state index is -2.35. The molecule has 12 heavy (non-hydrogen) atoms. The van der Waals surface area contributed by atoms with Gasteiger partial charge in [0, 0.05) is 12.8 Å². The summed E-state index contributed by atoms with van der Waals surface area (Å²) in [6.45, 7) is 4.27. The summed E-state index contributed by atoms with van der Waals surface area (Å²) in [6, 6.07) is 0. The first-order valence-corrected chi connectivity index (χ1v) is 4.91. The van der Waals surface area contributed by atoms with Gasteiger partial charge >= 0.3 is 0 Å². The fourth-order valence-corrected chi connectivity index (χ4v) is 1.98. The molecule has 0 aromatic heterocycles. The molecule has 2 unspecified atom stereocenters. The summed E-state index contributed by atoms with van der Waals surface area (Å²) < 4.78 is 25.5. The Hall–Kier alpha value is -0.140. The van der Waals surface area contributed by atoms with E-state index < -0.39 is 5.92 Å². The summed E-state index contributed by atoms with van der Waals surface area (Å²) in [5.41, 5.74) is 0. The quantitative estimate of drug-likeness (QED) is 0.612. The average molecular weight is 176 g/mol. The van der Waals surface area contributed by atoms with Crippen molar-refractivity contribution in [2.75, 3.05) is 0 Å². The highest BCUT2D eigenvalue weighted by molar-refractivity contribution is 4.81. The number of hydrogen-bond donors (Lipinski definition) is 0. The Bertz CT molecular complexity index is 143. The van der Waals surface area contributed by atoms with Crippen molar-refractivity contribution in [1.82, 2.24) is 0 Å². The minimum absolute atomic E-state index is 0.119. The van der Waals surface area contributed by atoms with Crippen molar-refractivity contribution in [2.45, 2.75) is 51.9 Å². The predicted molar refractivity (Wildman–Crippen MR) is 46.4 cm³/mol. The molecule has 0 bridgehead atoms. The third kappa shape index (κ3) is 2.72. The van der Waals surface area contributed by atoms with Crippen LogP contribution in [-0.2, 0) is 0 Å². The lowest BCUT2D eigenvalue weighted by Gasteiger charge is -2.14. The zero-order valence-corrected chi connectivity index (χ0v) is 7.95. The molecule has 1 saturated carbocycles. The van der Waals surface area contributed by atoms with Crippen molar-refractivity contribution in [3.63, 3.8) is 0 Å². The van der Waals surface area contributed by atoms with E-state index in [1.165, 1.54) is 0 Å². The fourth-order valence-electron chi connectivity index (χ4n) is 1.98. The van der Waals surface area contributed by atoms with E-state index in [2.05, 4.69) is 13.8 Å². The monoisotopic (exact) mass is 176 g/mol. The predicted octanol–water partition coefficient (Wildman–Crippen LogP) is 3.86. The van der Waals surface area contributed by atoms with Crippen LogP contribution < -0.4 is 0 Å². The van der Waals surface area contributed by atoms with Crippen LogP contribution in [0.2, 0.25) is 0 Å². The largest absolute Gasteiger partial charge is 0.248 e. The number of hydrogen-bond acceptors (Lipinski definition) is 0. The first kappa shape index (κ1) is 9.94. The minimum Gasteiger partial charge on any atom is -0.207 e. The maximum Gasteiger partial charge on any atom is 0.248 e. The van der Waals surface area contributed by atoms with Crippen molar-refractivity contribution >= 4 is 0 Å². The molecule has 0 N–H and O–H groups in total. The van der Waals surface area contributed by atoms with E-state index in [1.54, 1.807) is 0 Å². The lowest BCUT2D eigenvalue weighted by molar-refractivity contribution is 0.00413. The first-order chi connectivity index (χ1) is 5.53. The molecule has 1 aliphatic rings. The van der Waals surface area contributed by atoms with Gasteiger partial charge in [0.05, 0.1) is 0 Å². The van der Waals surface area contributed by atoms with E-state index in [9.17, 15) is 8.78 Å². The van der Waals surface area contributed by atoms with E-state index >= 15 is 0 Å². The van der Waals surface area contributed by atoms with Gasteiger partial charge in [-0.1, -0.05) is 20.3 Å². The maximum absolute atomic E-state index is 12.7. The van der Waals surface area contributed by atoms with Gasteiger partial charge in [-0.05, 0) is 24.7 Å². The summed E-state index contributed by atoms with van der Waals surface area (Å²) in [4.78, 5) is 0. The van der Waals surface area contributed by atoms with Crippen LogP contribution in [0.3, 0.4) is 0 Å². The molecule has 0 aromatic rings. The standard InChI is InChI=1S/C10H18F2/c1-3-8(2)6-9-4-5-10(11,12)7-9/h8-9H,3-7H2,1-2H3. The molecule has 72 valence electrons. The molecule has 0 heterocycles. The second-order valence-electron chi connectivity index (χ2n) is 4.21. The lowest BCUT2D eigenvalue weighted by Crippen LogP contribution is -2.10. The van der Waals surface area contributed by atoms with Gasteiger partial charge in [0.25, 0.3) is 0 Å². The van der Waals surface area contributed by atoms with Crippen LogP contribution >= 0.6 is 0 Å². The zero-order chi connectivity index (χ0) is 9.19. The fraction of sp³-hybridized carbons (Fsp3) is 1.00. The highest BCUT2D eigenvalue weighted by Gasteiger charge is 2.39. The first-order valence-electron chi connectivity index (χ1n) is 4.91. The van der Waals surface area contributed by atoms with Gasteiger partial charge in [0.1, 0.15) is 0 Å². The summed E-state index contributed by atoms with van der Waals surface area (Å²) in [7, 11) is 0. The zero-order valence-electron chi connectivity index (χ0n) is 7.95. The van der Waals surface area contributed by atoms with E-state index in [0.717, 1.165) is 19.3 Å². The Morgan fingerprint density at radius 2 is 2.17 bits per heavy atom. The number of halogens is 2. The molecule has 0 saturated heterocycles. The number of alkyl halides is 2. The van der Waals surface area contributed by atoms with Crippen molar-refractivity contribution in [3.8, 4) is 0 Å². The molecular formula is C10H18F2. The lowest BCUT2D eigenvalue weighted by atomic mass is 9.93. The second-order valence-corrected chi connectivity index (χ2v) is 4.21. The summed E-state index contributed by atoms with van der Waals surface area (Å²) >= 11 is 0. The van der Waals surface area contributed by atoms with Crippen molar-refractivity contribution < 1.29 is 8.78 Å². The van der Waals surface area contributed by atoms with Crippen molar-refractivity contribution in [2.24, 2.45) is 11.8 Å². The molecule has 0 radical (unpaired) electrons. The topological polar surface area (TPSA) is 0 Å². The third-order valence-electron chi connectivity index (χ3n) is 2.94. The summed E-state index contributed by atoms with van der Waals surface area (Å²) in [5.74, 6) is -1.45. The Morgan fingerprint density at radius 3 is 2.58 bits per heavy atom. The SMILES string of the molecule is CCC(C)CC1CCC(F)(F)C1. The van der Waals surface area contributed by atoms with Crippen LogP contribution in [0.25, 0.3) is 0 Å². The molecule has 0 aliphatic heterocycles. The van der Waals surface area contributed by atoms with Gasteiger partial charge in [0.2, 0.25) is 5.92 Å². The van der Waals surface area contributed by atoms with Crippen LogP contribution in [0.5, 0.6) is 0 Å². The third-order valence-corrected chi connectivity index (χ3v) is 2.94. The maximum atomic E-state index is 12.7. The molecular weight excluding hydrogens is 158 g/mol. The van der Waals surface area contributed by atoms with Gasteiger partial charge in [-0.15, -0.1) is 0 Å². The van der Waals surface area contributed by atoms with E-state index in [0.29, 0.717) is 5.92 Å². The second kappa shape index (κ2) is 3.71. The molecule has 0 amide bonds. The summed E-state index contributed by atoms with van der Waals surface area (Å²) in [5, 5.41) is 0. The summed E-state index contributed by atoms with van der Waals surface area (Å²) in [6.07, 6.45) is 3.09. The van der Waals surface area contributed by atoms with Gasteiger partial charge in [-0.25, -0.2) is 8.78 Å². The molecule has 2 heteroatoms. The van der Waals surface area contributed by atoms with E-state index in [1.807, 2.05) is 0 Å². The van der Waals surface area contributed by atoms with E-state index in [-0.39, 0.29) is 18.8 Å². The van der Waals surface area contributed by atoms with Crippen LogP contribution in [0, 0.1) is 11.8 Å². The van der Waals surface area contributed by atoms with Crippen molar-refractivity contribution in [3.05, 3.63) is 0 Å². The molecule has 1 rings (SSSR count). The normalized spacial score (nSPS) is 30.5. The van der Waals surface area contributed by atoms with Crippen molar-refractivity contribution in [1.29, 1.82) is 0 Å². The molecule has 1 fully saturated rings. The molecule has 0 aromatic carbocycles. The number of rotatable bonds is 3. The van der Waals surface area contributed by atoms with Gasteiger partial charge < -0.3 is 0 Å². The van der Waals surface area contributed by atoms with Gasteiger partial charge in [0.15, 0.2) is 0 Å². The van der Waals surface area contributed by atoms with E-state index in [4.69, 9.17) is 0 Å².